The monoisotopic (exact) mass is 854 g/mol. The summed E-state index contributed by atoms with van der Waals surface area (Å²) >= 11 is 0. The Morgan fingerprint density at radius 1 is 0.299 bits per heavy atom. The smallest absolute Gasteiger partial charge is 0.136 e. The first-order chi connectivity index (χ1) is 33.2. The third-order valence-corrected chi connectivity index (χ3v) is 13.4. The molecule has 0 atom stereocenters. The average molecular weight is 855 g/mol. The zero-order valence-corrected chi connectivity index (χ0v) is 36.6. The van der Waals surface area contributed by atoms with E-state index in [2.05, 4.69) is 252 Å². The predicted molar refractivity (Wildman–Crippen MR) is 282 cm³/mol. The Bertz CT molecular complexity index is 3930. The molecule has 0 amide bonds. The number of rotatable bonds is 8. The van der Waals surface area contributed by atoms with Crippen LogP contribution in [0.25, 0.3) is 105 Å². The van der Waals surface area contributed by atoms with Crippen molar-refractivity contribution in [3.05, 3.63) is 255 Å². The molecule has 0 fully saturated rings. The number of hydrogen-bond acceptors (Lipinski definition) is 2. The van der Waals surface area contributed by atoms with Crippen LogP contribution in [-0.4, -0.2) is 4.57 Å². The molecule has 0 N–H and O–H groups in total. The Labute approximate surface area is 388 Å². The van der Waals surface area contributed by atoms with Crippen molar-refractivity contribution in [2.45, 2.75) is 0 Å². The van der Waals surface area contributed by atoms with E-state index in [1.54, 1.807) is 0 Å². The highest BCUT2D eigenvalue weighted by atomic mass is 16.3. The molecule has 2 aromatic heterocycles. The van der Waals surface area contributed by atoms with Crippen molar-refractivity contribution in [2.75, 3.05) is 4.90 Å². The lowest BCUT2D eigenvalue weighted by Gasteiger charge is -2.29. The van der Waals surface area contributed by atoms with Crippen LogP contribution in [0.3, 0.4) is 0 Å². The van der Waals surface area contributed by atoms with E-state index in [0.717, 1.165) is 66.9 Å². The van der Waals surface area contributed by atoms with Crippen molar-refractivity contribution in [1.29, 1.82) is 0 Å². The van der Waals surface area contributed by atoms with E-state index in [9.17, 15) is 0 Å². The van der Waals surface area contributed by atoms with Crippen LogP contribution in [0.2, 0.25) is 0 Å². The van der Waals surface area contributed by atoms with Gasteiger partial charge in [0.15, 0.2) is 0 Å². The van der Waals surface area contributed by atoms with Gasteiger partial charge in [-0.1, -0.05) is 182 Å². The van der Waals surface area contributed by atoms with Crippen LogP contribution < -0.4 is 4.90 Å². The highest BCUT2D eigenvalue weighted by molar-refractivity contribution is 6.09. The lowest BCUT2D eigenvalue weighted by atomic mass is 9.95. The summed E-state index contributed by atoms with van der Waals surface area (Å²) in [6.07, 6.45) is 0. The highest BCUT2D eigenvalue weighted by Gasteiger charge is 2.20. The van der Waals surface area contributed by atoms with E-state index in [4.69, 9.17) is 4.42 Å². The third-order valence-electron chi connectivity index (χ3n) is 13.4. The average Bonchev–Trinajstić information content (AvgIpc) is 3.95. The molecule has 0 aliphatic heterocycles. The Kier molecular flexibility index (Phi) is 9.17. The zero-order valence-electron chi connectivity index (χ0n) is 36.6. The van der Waals surface area contributed by atoms with Gasteiger partial charge in [0.2, 0.25) is 0 Å². The molecule has 11 aromatic carbocycles. The molecule has 3 nitrogen and oxygen atoms in total. The van der Waals surface area contributed by atoms with Crippen molar-refractivity contribution in [3.8, 4) is 50.2 Å². The second kappa shape index (κ2) is 16.0. The first-order valence-electron chi connectivity index (χ1n) is 22.9. The van der Waals surface area contributed by atoms with Crippen LogP contribution in [0.4, 0.5) is 17.1 Å². The second-order valence-corrected chi connectivity index (χ2v) is 17.3. The molecule has 3 heteroatoms. The number of furan rings is 1. The predicted octanol–water partition coefficient (Wildman–Crippen LogP) is 18.0. The van der Waals surface area contributed by atoms with E-state index in [1.165, 1.54) is 54.8 Å². The molecule has 0 aliphatic carbocycles. The molecule has 0 aliphatic rings. The molecule has 2 heterocycles. The normalized spacial score (nSPS) is 11.6. The first-order valence-corrected chi connectivity index (χ1v) is 22.9. The van der Waals surface area contributed by atoms with Crippen LogP contribution in [0.5, 0.6) is 0 Å². The molecular formula is C64H42N2O. The fourth-order valence-electron chi connectivity index (χ4n) is 10.2. The van der Waals surface area contributed by atoms with Gasteiger partial charge < -0.3 is 13.9 Å². The summed E-state index contributed by atoms with van der Waals surface area (Å²) in [6, 6.07) is 91.9. The van der Waals surface area contributed by atoms with Gasteiger partial charge in [-0.2, -0.15) is 0 Å². The van der Waals surface area contributed by atoms with Gasteiger partial charge in [0.1, 0.15) is 11.2 Å². The van der Waals surface area contributed by atoms with Gasteiger partial charge in [-0.05, 0) is 123 Å². The Morgan fingerprint density at radius 2 is 0.821 bits per heavy atom. The van der Waals surface area contributed by atoms with Crippen LogP contribution in [0, 0.1) is 0 Å². The van der Waals surface area contributed by atoms with Gasteiger partial charge in [0.05, 0.1) is 16.7 Å². The fraction of sp³-hybridized carbons (Fsp3) is 0. The van der Waals surface area contributed by atoms with Gasteiger partial charge in [-0.15, -0.1) is 0 Å². The fourth-order valence-corrected chi connectivity index (χ4v) is 10.2. The number of para-hydroxylation sites is 4. The van der Waals surface area contributed by atoms with E-state index in [-0.39, 0.29) is 0 Å². The SMILES string of the molecule is c1cc(-c2ccc3c(c2)oc2ccccc23)cc(N(c2ccc(-c3ccc(-c4cccc(-n5c6ccccc6c6ccccc65)c4)cc3)cc2)c2ccccc2-c2cccc3ccccc23)c1. The quantitative estimate of drug-likeness (QED) is 0.152. The van der Waals surface area contributed by atoms with Crippen molar-refractivity contribution >= 4 is 71.6 Å². The minimum Gasteiger partial charge on any atom is -0.456 e. The molecule has 0 radical (unpaired) electrons. The standard InChI is InChI=1S/C64H42N2O/c1-2-20-53-46(14-1)15-13-25-54(53)55-21-3-7-26-60(55)65(51-18-12-17-48(41-51)49-36-39-59-58-24-6-10-29-63(58)67-64(59)42-49)50-37-34-44(35-38-50)43-30-32-45(33-31-43)47-16-11-19-52(40-47)66-61-27-8-4-22-56(61)57-23-5-9-28-62(57)66/h1-42H. The minimum absolute atomic E-state index is 0.888. The Morgan fingerprint density at radius 3 is 1.60 bits per heavy atom. The summed E-state index contributed by atoms with van der Waals surface area (Å²) in [4.78, 5) is 2.40. The number of anilines is 3. The van der Waals surface area contributed by atoms with Crippen molar-refractivity contribution < 1.29 is 4.42 Å². The maximum atomic E-state index is 6.34. The van der Waals surface area contributed by atoms with Crippen LogP contribution in [0.15, 0.2) is 259 Å². The number of nitrogens with zero attached hydrogens (tertiary/aromatic N) is 2. The molecule has 67 heavy (non-hydrogen) atoms. The Hall–Kier alpha value is -8.92. The highest BCUT2D eigenvalue weighted by Crippen LogP contribution is 2.44. The summed E-state index contributed by atoms with van der Waals surface area (Å²) in [5, 5.41) is 7.23. The van der Waals surface area contributed by atoms with E-state index >= 15 is 0 Å². The number of fused-ring (bicyclic) bond motifs is 7. The maximum absolute atomic E-state index is 6.34. The van der Waals surface area contributed by atoms with Crippen LogP contribution in [-0.2, 0) is 0 Å². The van der Waals surface area contributed by atoms with Gasteiger partial charge in [-0.3, -0.25) is 0 Å². The van der Waals surface area contributed by atoms with Gasteiger partial charge in [-0.25, -0.2) is 0 Å². The molecule has 0 spiro atoms. The van der Waals surface area contributed by atoms with Crippen molar-refractivity contribution in [1.82, 2.24) is 4.57 Å². The third kappa shape index (κ3) is 6.67. The molecule has 13 rings (SSSR count). The summed E-state index contributed by atoms with van der Waals surface area (Å²) in [6.45, 7) is 0. The molecule has 0 unspecified atom stereocenters. The van der Waals surface area contributed by atoms with Crippen molar-refractivity contribution in [3.63, 3.8) is 0 Å². The summed E-state index contributed by atoms with van der Waals surface area (Å²) < 4.78 is 8.72. The number of benzene rings is 11. The molecule has 314 valence electrons. The van der Waals surface area contributed by atoms with Crippen LogP contribution >= 0.6 is 0 Å². The number of aromatic nitrogens is 1. The lowest BCUT2D eigenvalue weighted by Crippen LogP contribution is -2.11. The topological polar surface area (TPSA) is 21.3 Å². The van der Waals surface area contributed by atoms with E-state index in [1.807, 2.05) is 12.1 Å². The summed E-state index contributed by atoms with van der Waals surface area (Å²) in [5.74, 6) is 0. The summed E-state index contributed by atoms with van der Waals surface area (Å²) in [7, 11) is 0. The molecule has 13 aromatic rings. The maximum Gasteiger partial charge on any atom is 0.136 e. The molecule has 0 saturated carbocycles. The molecule has 0 bridgehead atoms. The zero-order chi connectivity index (χ0) is 44.3. The van der Waals surface area contributed by atoms with E-state index < -0.39 is 0 Å². The molecule has 0 saturated heterocycles. The number of hydrogen-bond donors (Lipinski definition) is 0. The van der Waals surface area contributed by atoms with Crippen molar-refractivity contribution in [2.24, 2.45) is 0 Å². The Balaban J connectivity index is 0.874. The minimum atomic E-state index is 0.888. The first kappa shape index (κ1) is 38.5. The van der Waals surface area contributed by atoms with Gasteiger partial charge in [0.25, 0.3) is 0 Å². The largest absolute Gasteiger partial charge is 0.456 e. The van der Waals surface area contributed by atoms with Gasteiger partial charge >= 0.3 is 0 Å². The van der Waals surface area contributed by atoms with E-state index in [0.29, 0.717) is 0 Å². The lowest BCUT2D eigenvalue weighted by molar-refractivity contribution is 0.669. The van der Waals surface area contributed by atoms with Crippen LogP contribution in [0.1, 0.15) is 0 Å². The molecular weight excluding hydrogens is 813 g/mol. The summed E-state index contributed by atoms with van der Waals surface area (Å²) in [5.41, 5.74) is 17.9. The van der Waals surface area contributed by atoms with Gasteiger partial charge in [0, 0.05) is 44.2 Å². The second-order valence-electron chi connectivity index (χ2n) is 17.3.